The number of aromatic nitrogens is 1. The van der Waals surface area contributed by atoms with Crippen LogP contribution in [0.2, 0.25) is 0 Å². The zero-order valence-corrected chi connectivity index (χ0v) is 16.0. The quantitative estimate of drug-likeness (QED) is 0.782. The van der Waals surface area contributed by atoms with Crippen LogP contribution in [0, 0.1) is 5.92 Å². The fraction of sp³-hybridized carbons (Fsp3) is 0.571. The van der Waals surface area contributed by atoms with Crippen LogP contribution in [0.1, 0.15) is 18.6 Å². The highest BCUT2D eigenvalue weighted by Gasteiger charge is 2.31. The Morgan fingerprint density at radius 1 is 1.00 bits per heavy atom. The highest BCUT2D eigenvalue weighted by Crippen LogP contribution is 2.21. The first-order valence-electron chi connectivity index (χ1n) is 10.1. The van der Waals surface area contributed by atoms with E-state index in [0.29, 0.717) is 5.91 Å². The van der Waals surface area contributed by atoms with Crippen LogP contribution < -0.4 is 0 Å². The number of hydrogen-bond acceptors (Lipinski definition) is 4. The SMILES string of the molecule is O=C([C@@H]1CCCN(Cc2ccco2)C1)N1CCN(CCn2cccc2)CC1. The highest BCUT2D eigenvalue weighted by molar-refractivity contribution is 5.79. The van der Waals surface area contributed by atoms with Gasteiger partial charge in [-0.15, -0.1) is 0 Å². The van der Waals surface area contributed by atoms with Crippen molar-refractivity contribution in [1.82, 2.24) is 19.3 Å². The van der Waals surface area contributed by atoms with Gasteiger partial charge in [-0.1, -0.05) is 0 Å². The van der Waals surface area contributed by atoms with Crippen LogP contribution in [-0.4, -0.2) is 71.0 Å². The molecule has 0 aromatic carbocycles. The molecule has 2 saturated heterocycles. The molecule has 2 aliphatic rings. The number of piperidine rings is 1. The summed E-state index contributed by atoms with van der Waals surface area (Å²) in [6.45, 7) is 8.47. The van der Waals surface area contributed by atoms with E-state index >= 15 is 0 Å². The summed E-state index contributed by atoms with van der Waals surface area (Å²) in [6, 6.07) is 8.07. The predicted molar refractivity (Wildman–Crippen MR) is 104 cm³/mol. The Kier molecular flexibility index (Phi) is 5.94. The number of rotatable bonds is 6. The number of likely N-dealkylation sites (tertiary alicyclic amines) is 1. The molecule has 2 aliphatic heterocycles. The average Bonchev–Trinajstić information content (AvgIpc) is 3.41. The lowest BCUT2D eigenvalue weighted by Gasteiger charge is -2.39. The van der Waals surface area contributed by atoms with Crippen LogP contribution >= 0.6 is 0 Å². The molecule has 4 heterocycles. The third-order valence-electron chi connectivity index (χ3n) is 5.84. The van der Waals surface area contributed by atoms with E-state index in [-0.39, 0.29) is 5.92 Å². The van der Waals surface area contributed by atoms with Crippen molar-refractivity contribution in [3.8, 4) is 0 Å². The fourth-order valence-electron chi connectivity index (χ4n) is 4.25. The molecule has 0 spiro atoms. The molecule has 0 N–H and O–H groups in total. The zero-order valence-electron chi connectivity index (χ0n) is 16.0. The monoisotopic (exact) mass is 370 g/mol. The second-order valence-electron chi connectivity index (χ2n) is 7.74. The molecule has 0 radical (unpaired) electrons. The summed E-state index contributed by atoms with van der Waals surface area (Å²) in [4.78, 5) is 19.9. The van der Waals surface area contributed by atoms with E-state index in [1.54, 1.807) is 6.26 Å². The molecule has 2 aromatic heterocycles. The van der Waals surface area contributed by atoms with Gasteiger partial charge in [0.2, 0.25) is 5.91 Å². The van der Waals surface area contributed by atoms with Gasteiger partial charge in [-0.05, 0) is 43.7 Å². The number of furan rings is 1. The van der Waals surface area contributed by atoms with Crippen molar-refractivity contribution in [3.05, 3.63) is 48.7 Å². The van der Waals surface area contributed by atoms with Crippen LogP contribution in [0.4, 0.5) is 0 Å². The Balaban J connectivity index is 1.22. The maximum atomic E-state index is 13.0. The maximum absolute atomic E-state index is 13.0. The van der Waals surface area contributed by atoms with E-state index in [0.717, 1.165) is 77.5 Å². The lowest BCUT2D eigenvalue weighted by atomic mass is 9.96. The minimum Gasteiger partial charge on any atom is -0.468 e. The number of nitrogens with zero attached hydrogens (tertiary/aromatic N) is 4. The Labute approximate surface area is 161 Å². The standard InChI is InChI=1S/C21H30N4O2/c26-21(19-5-3-9-24(17-19)18-20-6-4-16-27-20)25-14-12-23(13-15-25)11-10-22-7-1-2-8-22/h1-2,4,6-8,16,19H,3,5,9-15,17-18H2/t19-/m1/s1. The van der Waals surface area contributed by atoms with E-state index in [1.165, 1.54) is 0 Å². The molecule has 0 saturated carbocycles. The molecule has 0 bridgehead atoms. The van der Waals surface area contributed by atoms with E-state index in [2.05, 4.69) is 43.8 Å². The van der Waals surface area contributed by atoms with Gasteiger partial charge in [0.1, 0.15) is 5.76 Å². The molecule has 0 aliphatic carbocycles. The molecule has 2 aromatic rings. The molecule has 0 unspecified atom stereocenters. The first kappa shape index (κ1) is 18.3. The summed E-state index contributed by atoms with van der Waals surface area (Å²) in [7, 11) is 0. The van der Waals surface area contributed by atoms with Gasteiger partial charge in [-0.25, -0.2) is 0 Å². The van der Waals surface area contributed by atoms with Gasteiger partial charge >= 0.3 is 0 Å². The van der Waals surface area contributed by atoms with Gasteiger partial charge in [-0.3, -0.25) is 14.6 Å². The summed E-state index contributed by atoms with van der Waals surface area (Å²) in [5.74, 6) is 1.48. The molecule has 2 fully saturated rings. The van der Waals surface area contributed by atoms with E-state index < -0.39 is 0 Å². The fourth-order valence-corrected chi connectivity index (χ4v) is 4.25. The summed E-state index contributed by atoms with van der Waals surface area (Å²) in [5.41, 5.74) is 0. The first-order valence-corrected chi connectivity index (χ1v) is 10.1. The Morgan fingerprint density at radius 3 is 2.56 bits per heavy atom. The number of piperazine rings is 1. The summed E-state index contributed by atoms with van der Waals surface area (Å²) in [5, 5.41) is 0. The normalized spacial score (nSPS) is 22.2. The van der Waals surface area contributed by atoms with Crippen LogP contribution in [-0.2, 0) is 17.9 Å². The van der Waals surface area contributed by atoms with Crippen molar-refractivity contribution in [2.75, 3.05) is 45.8 Å². The Bertz CT molecular complexity index is 690. The van der Waals surface area contributed by atoms with Crippen molar-refractivity contribution in [3.63, 3.8) is 0 Å². The van der Waals surface area contributed by atoms with E-state index in [1.807, 2.05) is 12.1 Å². The Hall–Kier alpha value is -2.05. The van der Waals surface area contributed by atoms with Gasteiger partial charge in [0.05, 0.1) is 18.7 Å². The smallest absolute Gasteiger partial charge is 0.227 e. The van der Waals surface area contributed by atoms with Crippen LogP contribution in [0.3, 0.4) is 0 Å². The van der Waals surface area contributed by atoms with Crippen LogP contribution in [0.25, 0.3) is 0 Å². The molecule has 1 atom stereocenters. The van der Waals surface area contributed by atoms with Crippen LogP contribution in [0.15, 0.2) is 47.3 Å². The molecule has 1 amide bonds. The molecule has 6 nitrogen and oxygen atoms in total. The molecular weight excluding hydrogens is 340 g/mol. The van der Waals surface area contributed by atoms with Crippen molar-refractivity contribution in [2.24, 2.45) is 5.92 Å². The second kappa shape index (κ2) is 8.76. The lowest BCUT2D eigenvalue weighted by molar-refractivity contribution is -0.139. The van der Waals surface area contributed by atoms with Gasteiger partial charge < -0.3 is 13.9 Å². The number of carbonyl (C=O) groups is 1. The molecule has 6 heteroatoms. The molecular formula is C21H30N4O2. The minimum absolute atomic E-state index is 0.139. The summed E-state index contributed by atoms with van der Waals surface area (Å²) >= 11 is 0. The van der Waals surface area contributed by atoms with Gasteiger partial charge in [0, 0.05) is 58.2 Å². The van der Waals surface area contributed by atoms with E-state index in [9.17, 15) is 4.79 Å². The van der Waals surface area contributed by atoms with Gasteiger partial charge in [0.15, 0.2) is 0 Å². The summed E-state index contributed by atoms with van der Waals surface area (Å²) < 4.78 is 7.68. The highest BCUT2D eigenvalue weighted by atomic mass is 16.3. The second-order valence-corrected chi connectivity index (χ2v) is 7.74. The molecule has 4 rings (SSSR count). The largest absolute Gasteiger partial charge is 0.468 e. The van der Waals surface area contributed by atoms with E-state index in [4.69, 9.17) is 4.42 Å². The summed E-state index contributed by atoms with van der Waals surface area (Å²) in [6.07, 6.45) is 8.04. The number of amides is 1. The first-order chi connectivity index (χ1) is 13.3. The maximum Gasteiger partial charge on any atom is 0.227 e. The van der Waals surface area contributed by atoms with Gasteiger partial charge in [-0.2, -0.15) is 0 Å². The molecule has 146 valence electrons. The topological polar surface area (TPSA) is 44.9 Å². The molecule has 27 heavy (non-hydrogen) atoms. The van der Waals surface area contributed by atoms with Gasteiger partial charge in [0.25, 0.3) is 0 Å². The van der Waals surface area contributed by atoms with Crippen molar-refractivity contribution in [1.29, 1.82) is 0 Å². The van der Waals surface area contributed by atoms with Crippen molar-refractivity contribution >= 4 is 5.91 Å². The average molecular weight is 370 g/mol. The predicted octanol–water partition coefficient (Wildman–Crippen LogP) is 2.14. The number of carbonyl (C=O) groups excluding carboxylic acids is 1. The third-order valence-corrected chi connectivity index (χ3v) is 5.84. The Morgan fingerprint density at radius 2 is 1.81 bits per heavy atom. The number of hydrogen-bond donors (Lipinski definition) is 0. The third kappa shape index (κ3) is 4.82. The zero-order chi connectivity index (χ0) is 18.5. The van der Waals surface area contributed by atoms with Crippen LogP contribution in [0.5, 0.6) is 0 Å². The van der Waals surface area contributed by atoms with Crippen molar-refractivity contribution < 1.29 is 9.21 Å². The minimum atomic E-state index is 0.139. The van der Waals surface area contributed by atoms with Crippen molar-refractivity contribution in [2.45, 2.75) is 25.9 Å². The lowest BCUT2D eigenvalue weighted by Crippen LogP contribution is -2.52.